The molecule has 0 saturated carbocycles. The Hall–Kier alpha value is -0.770. The summed E-state index contributed by atoms with van der Waals surface area (Å²) >= 11 is 0. The zero-order chi connectivity index (χ0) is 12.2. The number of hydrogen-bond acceptors (Lipinski definition) is 3. The summed E-state index contributed by atoms with van der Waals surface area (Å²) in [5.74, 6) is 0.539. The van der Waals surface area contributed by atoms with Crippen LogP contribution >= 0.6 is 0 Å². The van der Waals surface area contributed by atoms with Crippen molar-refractivity contribution >= 4 is 6.09 Å². The molecule has 4 heteroatoms. The first kappa shape index (κ1) is 13.3. The van der Waals surface area contributed by atoms with E-state index < -0.39 is 5.60 Å². The van der Waals surface area contributed by atoms with Gasteiger partial charge in [0.25, 0.3) is 0 Å². The minimum atomic E-state index is -0.420. The zero-order valence-corrected chi connectivity index (χ0v) is 10.8. The van der Waals surface area contributed by atoms with Gasteiger partial charge < -0.3 is 15.4 Å². The zero-order valence-electron chi connectivity index (χ0n) is 10.8. The van der Waals surface area contributed by atoms with Gasteiger partial charge in [0.2, 0.25) is 0 Å². The molecule has 1 rings (SSSR count). The molecule has 16 heavy (non-hydrogen) atoms. The van der Waals surface area contributed by atoms with Crippen LogP contribution in [0.2, 0.25) is 0 Å². The fraction of sp³-hybridized carbons (Fsp3) is 0.917. The molecule has 4 nitrogen and oxygen atoms in total. The predicted molar refractivity (Wildman–Crippen MR) is 64.4 cm³/mol. The monoisotopic (exact) mass is 228 g/mol. The van der Waals surface area contributed by atoms with E-state index in [1.54, 1.807) is 0 Å². The van der Waals surface area contributed by atoms with Crippen molar-refractivity contribution in [3.63, 3.8) is 0 Å². The van der Waals surface area contributed by atoms with Crippen LogP contribution in [0.1, 0.15) is 40.5 Å². The number of carbonyl (C=O) groups is 1. The fourth-order valence-corrected chi connectivity index (χ4v) is 2.03. The van der Waals surface area contributed by atoms with Crippen LogP contribution in [0.5, 0.6) is 0 Å². The Morgan fingerprint density at radius 2 is 2.25 bits per heavy atom. The molecular formula is C12H24N2O2. The molecule has 0 aromatic carbocycles. The van der Waals surface area contributed by atoms with Gasteiger partial charge in [-0.3, -0.25) is 0 Å². The highest BCUT2D eigenvalue weighted by molar-refractivity contribution is 5.68. The molecule has 1 saturated heterocycles. The molecule has 0 aliphatic carbocycles. The number of ether oxygens (including phenoxy) is 1. The van der Waals surface area contributed by atoms with Crippen molar-refractivity contribution in [2.45, 2.75) is 52.2 Å². The van der Waals surface area contributed by atoms with E-state index in [0.717, 1.165) is 25.9 Å². The number of alkyl carbamates (subject to hydrolysis) is 1. The Morgan fingerprint density at radius 1 is 1.56 bits per heavy atom. The van der Waals surface area contributed by atoms with Gasteiger partial charge in [0.1, 0.15) is 5.60 Å². The topological polar surface area (TPSA) is 50.4 Å². The molecule has 1 heterocycles. The quantitative estimate of drug-likeness (QED) is 0.775. The maximum Gasteiger partial charge on any atom is 0.407 e. The Balaban J connectivity index is 2.40. The maximum atomic E-state index is 11.6. The van der Waals surface area contributed by atoms with Gasteiger partial charge in [-0.1, -0.05) is 6.92 Å². The van der Waals surface area contributed by atoms with Crippen molar-refractivity contribution in [1.82, 2.24) is 10.6 Å². The highest BCUT2D eigenvalue weighted by Crippen LogP contribution is 2.16. The van der Waals surface area contributed by atoms with Crippen LogP contribution < -0.4 is 10.6 Å². The summed E-state index contributed by atoms with van der Waals surface area (Å²) in [5.41, 5.74) is -0.420. The third-order valence-electron chi connectivity index (χ3n) is 2.81. The lowest BCUT2D eigenvalue weighted by Gasteiger charge is -2.26. The van der Waals surface area contributed by atoms with Crippen molar-refractivity contribution in [2.75, 3.05) is 13.1 Å². The lowest BCUT2D eigenvalue weighted by Crippen LogP contribution is -2.43. The van der Waals surface area contributed by atoms with Crippen LogP contribution in [0, 0.1) is 5.92 Å². The average Bonchev–Trinajstić information content (AvgIpc) is 2.63. The number of amides is 1. The Kier molecular flexibility index (Phi) is 4.59. The first-order valence-electron chi connectivity index (χ1n) is 6.12. The highest BCUT2D eigenvalue weighted by atomic mass is 16.6. The Bertz CT molecular complexity index is 230. The predicted octanol–water partition coefficient (Wildman–Crippen LogP) is 1.90. The van der Waals surface area contributed by atoms with Crippen molar-refractivity contribution in [1.29, 1.82) is 0 Å². The average molecular weight is 228 g/mol. The number of hydrogen-bond donors (Lipinski definition) is 2. The summed E-state index contributed by atoms with van der Waals surface area (Å²) in [6.45, 7) is 9.78. The molecule has 1 aliphatic rings. The SMILES string of the molecule is CC[C@H](NC(=O)OC(C)(C)C)C1CCNC1. The molecule has 0 spiro atoms. The number of nitrogens with one attached hydrogen (secondary N) is 2. The minimum absolute atomic E-state index is 0.227. The molecule has 1 unspecified atom stereocenters. The summed E-state index contributed by atoms with van der Waals surface area (Å²) in [7, 11) is 0. The smallest absolute Gasteiger partial charge is 0.407 e. The van der Waals surface area contributed by atoms with Gasteiger partial charge in [-0.05, 0) is 52.6 Å². The first-order chi connectivity index (χ1) is 7.42. The van der Waals surface area contributed by atoms with Crippen molar-refractivity contribution in [2.24, 2.45) is 5.92 Å². The largest absolute Gasteiger partial charge is 0.444 e. The lowest BCUT2D eigenvalue weighted by atomic mass is 9.97. The standard InChI is InChI=1S/C12H24N2O2/c1-5-10(9-6-7-13-8-9)14-11(15)16-12(2,3)4/h9-10,13H,5-8H2,1-4H3,(H,14,15)/t9?,10-/m0/s1. The van der Waals surface area contributed by atoms with E-state index in [-0.39, 0.29) is 12.1 Å². The molecule has 0 radical (unpaired) electrons. The fourth-order valence-electron chi connectivity index (χ4n) is 2.03. The second-order valence-electron chi connectivity index (χ2n) is 5.41. The van der Waals surface area contributed by atoms with E-state index in [9.17, 15) is 4.79 Å². The minimum Gasteiger partial charge on any atom is -0.444 e. The van der Waals surface area contributed by atoms with E-state index >= 15 is 0 Å². The second-order valence-corrected chi connectivity index (χ2v) is 5.41. The molecule has 1 amide bonds. The van der Waals surface area contributed by atoms with Crippen LogP contribution in [0.25, 0.3) is 0 Å². The normalized spacial score (nSPS) is 22.9. The van der Waals surface area contributed by atoms with Crippen molar-refractivity contribution in [3.05, 3.63) is 0 Å². The molecule has 0 aromatic rings. The van der Waals surface area contributed by atoms with Gasteiger partial charge in [-0.25, -0.2) is 4.79 Å². The van der Waals surface area contributed by atoms with Crippen LogP contribution in [0.15, 0.2) is 0 Å². The molecule has 0 aromatic heterocycles. The van der Waals surface area contributed by atoms with Gasteiger partial charge >= 0.3 is 6.09 Å². The van der Waals surface area contributed by atoms with E-state index in [1.165, 1.54) is 0 Å². The summed E-state index contributed by atoms with van der Waals surface area (Å²) in [5, 5.41) is 6.28. The van der Waals surface area contributed by atoms with Crippen LogP contribution in [-0.4, -0.2) is 30.8 Å². The second kappa shape index (κ2) is 5.53. The summed E-state index contributed by atoms with van der Waals surface area (Å²) in [6, 6.07) is 0.227. The van der Waals surface area contributed by atoms with Gasteiger partial charge in [0, 0.05) is 6.04 Å². The molecule has 1 fully saturated rings. The van der Waals surface area contributed by atoms with Crippen molar-refractivity contribution in [3.8, 4) is 0 Å². The third-order valence-corrected chi connectivity index (χ3v) is 2.81. The highest BCUT2D eigenvalue weighted by Gasteiger charge is 2.26. The van der Waals surface area contributed by atoms with Gasteiger partial charge in [-0.15, -0.1) is 0 Å². The molecule has 1 aliphatic heterocycles. The van der Waals surface area contributed by atoms with Crippen LogP contribution in [0.4, 0.5) is 4.79 Å². The van der Waals surface area contributed by atoms with Crippen LogP contribution in [-0.2, 0) is 4.74 Å². The van der Waals surface area contributed by atoms with E-state index in [0.29, 0.717) is 5.92 Å². The molecule has 0 bridgehead atoms. The van der Waals surface area contributed by atoms with Crippen molar-refractivity contribution < 1.29 is 9.53 Å². The van der Waals surface area contributed by atoms with E-state index in [2.05, 4.69) is 17.6 Å². The van der Waals surface area contributed by atoms with Gasteiger partial charge in [-0.2, -0.15) is 0 Å². The van der Waals surface area contributed by atoms with E-state index in [1.807, 2.05) is 20.8 Å². The third kappa shape index (κ3) is 4.39. The molecular weight excluding hydrogens is 204 g/mol. The van der Waals surface area contributed by atoms with Crippen LogP contribution in [0.3, 0.4) is 0 Å². The summed E-state index contributed by atoms with van der Waals surface area (Å²) in [4.78, 5) is 11.6. The molecule has 94 valence electrons. The molecule has 2 atom stereocenters. The summed E-state index contributed by atoms with van der Waals surface area (Å²) in [6.07, 6.45) is 1.78. The maximum absolute atomic E-state index is 11.6. The summed E-state index contributed by atoms with van der Waals surface area (Å²) < 4.78 is 5.26. The van der Waals surface area contributed by atoms with Gasteiger partial charge in [0.15, 0.2) is 0 Å². The first-order valence-corrected chi connectivity index (χ1v) is 6.12. The number of rotatable bonds is 3. The Labute approximate surface area is 98.1 Å². The lowest BCUT2D eigenvalue weighted by molar-refractivity contribution is 0.0486. The number of carbonyl (C=O) groups excluding carboxylic acids is 1. The molecule has 2 N–H and O–H groups in total. The van der Waals surface area contributed by atoms with E-state index in [4.69, 9.17) is 4.74 Å². The van der Waals surface area contributed by atoms with Gasteiger partial charge in [0.05, 0.1) is 0 Å². The Morgan fingerprint density at radius 3 is 2.69 bits per heavy atom.